The van der Waals surface area contributed by atoms with Crippen LogP contribution in [0.5, 0.6) is 0 Å². The molecular weight excluding hydrogens is 430 g/mol. The van der Waals surface area contributed by atoms with Gasteiger partial charge in [-0.2, -0.15) is 0 Å². The lowest BCUT2D eigenvalue weighted by Crippen LogP contribution is -2.54. The number of amides is 2. The maximum Gasteiger partial charge on any atom is 0.267 e. The lowest BCUT2D eigenvalue weighted by molar-refractivity contribution is -0.131. The van der Waals surface area contributed by atoms with E-state index in [2.05, 4.69) is 17.2 Å². The highest BCUT2D eigenvalue weighted by molar-refractivity contribution is 5.97. The van der Waals surface area contributed by atoms with Crippen LogP contribution in [0.2, 0.25) is 0 Å². The highest BCUT2D eigenvalue weighted by Gasteiger charge is 2.37. The summed E-state index contributed by atoms with van der Waals surface area (Å²) in [6, 6.07) is 12.2. The molecule has 2 aromatic carbocycles. The Labute approximate surface area is 190 Å². The molecule has 2 atom stereocenters. The smallest absolute Gasteiger partial charge is 0.267 e. The van der Waals surface area contributed by atoms with Gasteiger partial charge in [0.05, 0.1) is 6.54 Å². The molecule has 0 aromatic heterocycles. The van der Waals surface area contributed by atoms with Crippen molar-refractivity contribution in [3.05, 3.63) is 70.8 Å². The van der Waals surface area contributed by atoms with Gasteiger partial charge in [-0.1, -0.05) is 24.0 Å². The summed E-state index contributed by atoms with van der Waals surface area (Å²) in [6.45, 7) is 2.21. The van der Waals surface area contributed by atoms with Gasteiger partial charge >= 0.3 is 0 Å². The Morgan fingerprint density at radius 3 is 2.18 bits per heavy atom. The van der Waals surface area contributed by atoms with E-state index in [1.807, 2.05) is 24.3 Å². The lowest BCUT2D eigenvalue weighted by Gasteiger charge is -2.20. The van der Waals surface area contributed by atoms with Gasteiger partial charge in [-0.3, -0.25) is 19.7 Å². The summed E-state index contributed by atoms with van der Waals surface area (Å²) in [5.41, 5.74) is 9.90. The zero-order valence-electron chi connectivity index (χ0n) is 18.1. The minimum Gasteiger partial charge on any atom is -0.339 e. The van der Waals surface area contributed by atoms with Crippen molar-refractivity contribution in [3.8, 4) is 11.8 Å². The molecule has 0 unspecified atom stereocenters. The zero-order valence-corrected chi connectivity index (χ0v) is 18.1. The number of rotatable bonds is 6. The van der Waals surface area contributed by atoms with Gasteiger partial charge in [-0.05, 0) is 48.9 Å². The molecule has 2 amide bonds. The Bertz CT molecular complexity index is 1040. The van der Waals surface area contributed by atoms with Gasteiger partial charge < -0.3 is 11.1 Å². The summed E-state index contributed by atoms with van der Waals surface area (Å²) < 4.78 is 26.6. The van der Waals surface area contributed by atoms with Crippen LogP contribution in [0.15, 0.2) is 48.5 Å². The molecule has 0 aliphatic carbocycles. The number of carbonyl (C=O) groups excluding carboxylic acids is 2. The third-order valence-electron chi connectivity index (χ3n) is 5.31. The van der Waals surface area contributed by atoms with Crippen molar-refractivity contribution in [1.29, 1.82) is 0 Å². The summed E-state index contributed by atoms with van der Waals surface area (Å²) >= 11 is 0. The van der Waals surface area contributed by atoms with E-state index in [0.29, 0.717) is 24.2 Å². The van der Waals surface area contributed by atoms with Crippen LogP contribution < -0.4 is 16.5 Å². The number of alkyl halides is 2. The van der Waals surface area contributed by atoms with Crippen LogP contribution in [0.3, 0.4) is 0 Å². The lowest BCUT2D eigenvalue weighted by atomic mass is 10.1. The van der Waals surface area contributed by atoms with Gasteiger partial charge in [-0.25, -0.2) is 14.3 Å². The summed E-state index contributed by atoms with van der Waals surface area (Å²) in [4.78, 5) is 25.7. The average molecular weight is 456 g/mol. The zero-order chi connectivity index (χ0) is 24.0. The molecule has 7 nitrogen and oxygen atoms in total. The Balaban J connectivity index is 1.58. The largest absolute Gasteiger partial charge is 0.339 e. The second kappa shape index (κ2) is 10.5. The summed E-state index contributed by atoms with van der Waals surface area (Å²) in [5, 5.41) is 11.3. The highest BCUT2D eigenvalue weighted by atomic mass is 19.3. The Morgan fingerprint density at radius 2 is 1.70 bits per heavy atom. The van der Waals surface area contributed by atoms with Gasteiger partial charge in [0.25, 0.3) is 17.7 Å². The number of likely N-dealkylation sites (tertiary alicyclic amines) is 1. The number of nitrogens with one attached hydrogen (secondary N) is 2. The second-order valence-electron chi connectivity index (χ2n) is 8.13. The standard InChI is InChI=1S/C24H26F2N4O3/c1-16(27)21(23(32)29-33)28-22(31)20-10-8-18(9-11-20)3-2-17-4-6-19(7-5-17)14-30-13-12-24(25,26)15-30/h4-11,16,21,33H,12-15,27H2,1H3,(H,28,31)(H,29,32)/t16-,21+/m1/s1. The number of hydroxylamine groups is 1. The average Bonchev–Trinajstić information content (AvgIpc) is 3.14. The monoisotopic (exact) mass is 456 g/mol. The van der Waals surface area contributed by atoms with Crippen LogP contribution in [-0.4, -0.2) is 53.0 Å². The molecule has 0 saturated carbocycles. The first-order valence-electron chi connectivity index (χ1n) is 10.5. The Hall–Kier alpha value is -3.32. The number of hydrogen-bond acceptors (Lipinski definition) is 5. The minimum absolute atomic E-state index is 0.0955. The van der Waals surface area contributed by atoms with Gasteiger partial charge in [0.2, 0.25) is 0 Å². The van der Waals surface area contributed by atoms with E-state index in [1.165, 1.54) is 12.4 Å². The fourth-order valence-electron chi connectivity index (χ4n) is 3.47. The Kier molecular flexibility index (Phi) is 7.76. The summed E-state index contributed by atoms with van der Waals surface area (Å²) in [7, 11) is 0. The van der Waals surface area contributed by atoms with E-state index in [9.17, 15) is 18.4 Å². The molecule has 174 valence electrons. The van der Waals surface area contributed by atoms with Crippen molar-refractivity contribution in [3.63, 3.8) is 0 Å². The number of nitrogens with zero attached hydrogens (tertiary/aromatic N) is 1. The molecular formula is C24H26F2N4O3. The van der Waals surface area contributed by atoms with Crippen LogP contribution in [0.25, 0.3) is 0 Å². The number of halogens is 2. The van der Waals surface area contributed by atoms with Crippen LogP contribution >= 0.6 is 0 Å². The molecule has 0 bridgehead atoms. The predicted octanol–water partition coefficient (Wildman–Crippen LogP) is 1.88. The molecule has 2 aromatic rings. The first-order valence-corrected chi connectivity index (χ1v) is 10.5. The molecule has 1 aliphatic rings. The van der Waals surface area contributed by atoms with Crippen molar-refractivity contribution in [2.24, 2.45) is 5.73 Å². The molecule has 0 radical (unpaired) electrons. The molecule has 1 aliphatic heterocycles. The number of nitrogens with two attached hydrogens (primary N) is 1. The van der Waals surface area contributed by atoms with Crippen molar-refractivity contribution in [1.82, 2.24) is 15.7 Å². The maximum atomic E-state index is 13.3. The van der Waals surface area contributed by atoms with E-state index in [-0.39, 0.29) is 13.0 Å². The van der Waals surface area contributed by atoms with E-state index in [4.69, 9.17) is 10.9 Å². The molecule has 0 spiro atoms. The fraction of sp³-hybridized carbons (Fsp3) is 0.333. The van der Waals surface area contributed by atoms with Gasteiger partial charge in [0.15, 0.2) is 0 Å². The van der Waals surface area contributed by atoms with Crippen molar-refractivity contribution < 1.29 is 23.6 Å². The molecule has 3 rings (SSSR count). The molecule has 1 heterocycles. The van der Waals surface area contributed by atoms with Crippen molar-refractivity contribution >= 4 is 11.8 Å². The first kappa shape index (κ1) is 24.3. The normalized spacial score (nSPS) is 16.9. The van der Waals surface area contributed by atoms with Crippen LogP contribution in [0.4, 0.5) is 8.78 Å². The second-order valence-corrected chi connectivity index (χ2v) is 8.13. The molecule has 33 heavy (non-hydrogen) atoms. The summed E-state index contributed by atoms with van der Waals surface area (Å²) in [6.07, 6.45) is -0.0955. The van der Waals surface area contributed by atoms with Gasteiger partial charge in [0.1, 0.15) is 6.04 Å². The third-order valence-corrected chi connectivity index (χ3v) is 5.31. The number of hydrogen-bond donors (Lipinski definition) is 4. The molecule has 9 heteroatoms. The van der Waals surface area contributed by atoms with Crippen molar-refractivity contribution in [2.75, 3.05) is 13.1 Å². The fourth-order valence-corrected chi connectivity index (χ4v) is 3.47. The van der Waals surface area contributed by atoms with E-state index < -0.39 is 29.8 Å². The maximum absolute atomic E-state index is 13.3. The van der Waals surface area contributed by atoms with Crippen LogP contribution in [0.1, 0.15) is 40.4 Å². The van der Waals surface area contributed by atoms with Crippen LogP contribution in [0, 0.1) is 11.8 Å². The molecule has 1 fully saturated rings. The van der Waals surface area contributed by atoms with E-state index in [0.717, 1.165) is 11.1 Å². The van der Waals surface area contributed by atoms with Crippen molar-refractivity contribution in [2.45, 2.75) is 37.9 Å². The van der Waals surface area contributed by atoms with Crippen LogP contribution in [-0.2, 0) is 11.3 Å². The molecule has 5 N–H and O–H groups in total. The van der Waals surface area contributed by atoms with Gasteiger partial charge in [-0.15, -0.1) is 0 Å². The van der Waals surface area contributed by atoms with Gasteiger partial charge in [0, 0.05) is 42.2 Å². The molecule has 1 saturated heterocycles. The minimum atomic E-state index is -2.60. The quantitative estimate of drug-likeness (QED) is 0.302. The third kappa shape index (κ3) is 6.83. The van der Waals surface area contributed by atoms with E-state index >= 15 is 0 Å². The first-order chi connectivity index (χ1) is 15.7. The van der Waals surface area contributed by atoms with E-state index in [1.54, 1.807) is 29.2 Å². The predicted molar refractivity (Wildman–Crippen MR) is 119 cm³/mol. The summed E-state index contributed by atoms with van der Waals surface area (Å²) in [5.74, 6) is 2.13. The highest BCUT2D eigenvalue weighted by Crippen LogP contribution is 2.27. The number of carbonyl (C=O) groups is 2. The number of benzene rings is 2. The SMILES string of the molecule is C[C@@H](N)[C@H](NC(=O)c1ccc(C#Cc2ccc(CN3CCC(F)(F)C3)cc2)cc1)C(=O)NO. The topological polar surface area (TPSA) is 108 Å². The Morgan fingerprint density at radius 1 is 1.12 bits per heavy atom.